The number of nitrogens with zero attached hydrogens (tertiary/aromatic N) is 4. The lowest BCUT2D eigenvalue weighted by atomic mass is 10.2. The van der Waals surface area contributed by atoms with Crippen molar-refractivity contribution < 1.29 is 25.0 Å². The van der Waals surface area contributed by atoms with Crippen molar-refractivity contribution >= 4 is 39.7 Å². The van der Waals surface area contributed by atoms with E-state index in [4.69, 9.17) is 10.2 Å². The Morgan fingerprint density at radius 3 is 1.75 bits per heavy atom. The molecule has 0 aliphatic heterocycles. The number of phenols is 1. The first-order valence-electron chi connectivity index (χ1n) is 5.74. The first kappa shape index (κ1) is 18.9. The van der Waals surface area contributed by atoms with E-state index in [1.54, 1.807) is 18.3 Å². The number of nitro groups is 3. The summed E-state index contributed by atoms with van der Waals surface area (Å²) in [5.74, 6) is -0.964. The van der Waals surface area contributed by atoms with Crippen LogP contribution in [0, 0.1) is 34.0 Å². The number of nitro benzene ring substituents is 3. The van der Waals surface area contributed by atoms with Crippen molar-refractivity contribution in [2.75, 3.05) is 0 Å². The first-order chi connectivity index (χ1) is 11.1. The molecule has 2 N–H and O–H groups in total. The van der Waals surface area contributed by atoms with Crippen molar-refractivity contribution in [2.45, 2.75) is 0 Å². The topological polar surface area (TPSA) is 183 Å². The average Bonchev–Trinajstić information content (AvgIpc) is 2.50. The van der Waals surface area contributed by atoms with Gasteiger partial charge in [-0.2, -0.15) is 0 Å². The lowest BCUT2D eigenvalue weighted by Crippen LogP contribution is -1.97. The maximum absolute atomic E-state index is 10.4. The minimum absolute atomic E-state index is 0.244. The summed E-state index contributed by atoms with van der Waals surface area (Å²) in [7, 11) is 0. The molecular weight excluding hydrogens is 443 g/mol. The van der Waals surface area contributed by atoms with E-state index in [-0.39, 0.29) is 5.75 Å². The Bertz CT molecular complexity index is 756. The zero-order chi connectivity index (χ0) is 18.4. The number of aromatic nitrogens is 1. The van der Waals surface area contributed by atoms with Crippen LogP contribution in [0.5, 0.6) is 11.5 Å². The Balaban J connectivity index is 0.000000300. The van der Waals surface area contributed by atoms with Gasteiger partial charge in [-0.1, -0.05) is 0 Å². The molecule has 1 heterocycles. The Hall–Kier alpha value is -3.10. The van der Waals surface area contributed by atoms with E-state index < -0.39 is 37.6 Å². The fraction of sp³-hybridized carbons (Fsp3) is 0. The van der Waals surface area contributed by atoms with Gasteiger partial charge in [0.05, 0.1) is 26.9 Å². The molecular formula is C11H7IN4O8. The van der Waals surface area contributed by atoms with Gasteiger partial charge in [-0.15, -0.1) is 0 Å². The SMILES string of the molecule is O=[N+]([O-])c1cc([N+](=O)[O-])c(O)c([N+](=O)[O-])c1.Oc1cccnc1I. The van der Waals surface area contributed by atoms with E-state index >= 15 is 0 Å². The molecule has 0 radical (unpaired) electrons. The van der Waals surface area contributed by atoms with Crippen LogP contribution in [0.4, 0.5) is 17.1 Å². The molecule has 2 rings (SSSR count). The van der Waals surface area contributed by atoms with Gasteiger partial charge < -0.3 is 10.2 Å². The van der Waals surface area contributed by atoms with Crippen molar-refractivity contribution in [3.05, 3.63) is 64.5 Å². The zero-order valence-corrected chi connectivity index (χ0v) is 13.6. The zero-order valence-electron chi connectivity index (χ0n) is 11.4. The van der Waals surface area contributed by atoms with Crippen LogP contribution in [-0.4, -0.2) is 30.0 Å². The Morgan fingerprint density at radius 2 is 1.46 bits per heavy atom. The molecule has 0 saturated heterocycles. The molecule has 2 aromatic rings. The van der Waals surface area contributed by atoms with Crippen LogP contribution in [0.15, 0.2) is 30.5 Å². The number of hydrogen-bond acceptors (Lipinski definition) is 9. The standard InChI is InChI=1S/C6H3N3O7.C5H4INO/c10-6-4(8(13)14)1-3(7(11)12)2-5(6)9(15)16;6-5-4(8)2-1-3-7-5/h1-2,10H;1-3,8H. The Morgan fingerprint density at radius 1 is 0.958 bits per heavy atom. The highest BCUT2D eigenvalue weighted by atomic mass is 127. The van der Waals surface area contributed by atoms with Crippen LogP contribution in [0.3, 0.4) is 0 Å². The molecule has 0 atom stereocenters. The second-order valence-corrected chi connectivity index (χ2v) is 4.94. The van der Waals surface area contributed by atoms with E-state index in [2.05, 4.69) is 4.98 Å². The number of rotatable bonds is 3. The molecule has 0 aliphatic rings. The van der Waals surface area contributed by atoms with Crippen LogP contribution in [0.2, 0.25) is 0 Å². The van der Waals surface area contributed by atoms with Crippen molar-refractivity contribution in [1.29, 1.82) is 0 Å². The largest absolute Gasteiger partial charge is 0.505 e. The maximum atomic E-state index is 10.4. The lowest BCUT2D eigenvalue weighted by molar-refractivity contribution is -0.404. The summed E-state index contributed by atoms with van der Waals surface area (Å²) in [5.41, 5.74) is -3.00. The number of aromatic hydroxyl groups is 2. The smallest absolute Gasteiger partial charge is 0.324 e. The molecule has 0 unspecified atom stereocenters. The molecule has 0 aliphatic carbocycles. The lowest BCUT2D eigenvalue weighted by Gasteiger charge is -1.97. The van der Waals surface area contributed by atoms with Gasteiger partial charge in [0.2, 0.25) is 0 Å². The van der Waals surface area contributed by atoms with E-state index in [0.717, 1.165) is 0 Å². The highest BCUT2D eigenvalue weighted by molar-refractivity contribution is 14.1. The molecule has 0 saturated carbocycles. The van der Waals surface area contributed by atoms with Gasteiger partial charge >= 0.3 is 11.4 Å². The fourth-order valence-corrected chi connectivity index (χ4v) is 1.69. The number of hydrogen-bond donors (Lipinski definition) is 2. The molecule has 12 nitrogen and oxygen atoms in total. The quantitative estimate of drug-likeness (QED) is 0.307. The van der Waals surface area contributed by atoms with Gasteiger partial charge in [0.25, 0.3) is 11.4 Å². The molecule has 1 aromatic carbocycles. The van der Waals surface area contributed by atoms with E-state index in [9.17, 15) is 30.3 Å². The summed E-state index contributed by atoms with van der Waals surface area (Å²) in [6.45, 7) is 0. The molecule has 0 spiro atoms. The number of phenolic OH excluding ortho intramolecular Hbond substituents is 1. The van der Waals surface area contributed by atoms with Gasteiger partial charge in [-0.3, -0.25) is 30.3 Å². The summed E-state index contributed by atoms with van der Waals surface area (Å²) < 4.78 is 0.644. The molecule has 24 heavy (non-hydrogen) atoms. The second-order valence-electron chi connectivity index (χ2n) is 3.92. The third-order valence-corrected chi connectivity index (χ3v) is 3.23. The van der Waals surface area contributed by atoms with E-state index in [1.165, 1.54) is 0 Å². The van der Waals surface area contributed by atoms with Crippen LogP contribution in [0.1, 0.15) is 0 Å². The highest BCUT2D eigenvalue weighted by Gasteiger charge is 2.30. The highest BCUT2D eigenvalue weighted by Crippen LogP contribution is 2.38. The fourth-order valence-electron chi connectivity index (χ4n) is 1.35. The van der Waals surface area contributed by atoms with Crippen molar-refractivity contribution in [3.8, 4) is 11.5 Å². The molecule has 13 heteroatoms. The number of non-ortho nitro benzene ring substituents is 1. The van der Waals surface area contributed by atoms with Gasteiger partial charge in [0.1, 0.15) is 9.45 Å². The Labute approximate surface area is 146 Å². The first-order valence-corrected chi connectivity index (χ1v) is 6.82. The second kappa shape index (κ2) is 7.95. The molecule has 0 amide bonds. The summed E-state index contributed by atoms with van der Waals surface area (Å²) in [5, 5.41) is 49.1. The maximum Gasteiger partial charge on any atom is 0.324 e. The van der Waals surface area contributed by atoms with Crippen LogP contribution in [0.25, 0.3) is 0 Å². The predicted octanol–water partition coefficient (Wildman–Crippen LogP) is 2.51. The van der Waals surface area contributed by atoms with E-state index in [1.807, 2.05) is 22.6 Å². The van der Waals surface area contributed by atoms with Crippen LogP contribution in [-0.2, 0) is 0 Å². The van der Waals surface area contributed by atoms with Gasteiger partial charge in [0, 0.05) is 6.20 Å². The van der Waals surface area contributed by atoms with Crippen molar-refractivity contribution in [3.63, 3.8) is 0 Å². The Kier molecular flexibility index (Phi) is 6.28. The average molecular weight is 450 g/mol. The number of halogens is 1. The minimum Gasteiger partial charge on any atom is -0.505 e. The molecule has 0 bridgehead atoms. The van der Waals surface area contributed by atoms with Gasteiger partial charge in [-0.05, 0) is 34.7 Å². The van der Waals surface area contributed by atoms with Crippen LogP contribution >= 0.6 is 22.6 Å². The van der Waals surface area contributed by atoms with Gasteiger partial charge in [-0.25, -0.2) is 4.98 Å². The third kappa shape index (κ3) is 4.70. The van der Waals surface area contributed by atoms with Gasteiger partial charge in [0.15, 0.2) is 0 Å². The predicted molar refractivity (Wildman–Crippen MR) is 86.7 cm³/mol. The normalized spacial score (nSPS) is 9.54. The minimum atomic E-state index is -1.21. The van der Waals surface area contributed by atoms with E-state index in [0.29, 0.717) is 15.8 Å². The van der Waals surface area contributed by atoms with Crippen molar-refractivity contribution in [1.82, 2.24) is 4.98 Å². The number of benzene rings is 1. The summed E-state index contributed by atoms with van der Waals surface area (Å²) in [6, 6.07) is 4.19. The van der Waals surface area contributed by atoms with Crippen LogP contribution < -0.4 is 0 Å². The summed E-state index contributed by atoms with van der Waals surface area (Å²) in [6.07, 6.45) is 1.64. The van der Waals surface area contributed by atoms with Crippen molar-refractivity contribution in [2.24, 2.45) is 0 Å². The molecule has 126 valence electrons. The molecule has 0 fully saturated rings. The summed E-state index contributed by atoms with van der Waals surface area (Å²) >= 11 is 1.96. The number of pyridine rings is 1. The monoisotopic (exact) mass is 450 g/mol. The molecule has 1 aromatic heterocycles. The third-order valence-electron chi connectivity index (χ3n) is 2.40. The summed E-state index contributed by atoms with van der Waals surface area (Å²) in [4.78, 5) is 31.6.